The quantitative estimate of drug-likeness (QED) is 0.643. The van der Waals surface area contributed by atoms with Gasteiger partial charge in [0.25, 0.3) is 0 Å². The van der Waals surface area contributed by atoms with Gasteiger partial charge in [0.1, 0.15) is 10.6 Å². The van der Waals surface area contributed by atoms with Gasteiger partial charge in [-0.15, -0.1) is 0 Å². The van der Waals surface area contributed by atoms with Crippen LogP contribution in [0.1, 0.15) is 12.5 Å². The van der Waals surface area contributed by atoms with Gasteiger partial charge in [0, 0.05) is 15.8 Å². The summed E-state index contributed by atoms with van der Waals surface area (Å²) in [4.78, 5) is -0.378. The van der Waals surface area contributed by atoms with Crippen LogP contribution in [0.25, 0.3) is 0 Å². The lowest BCUT2D eigenvalue weighted by atomic mass is 10.2. The maximum absolute atomic E-state index is 12.5. The zero-order valence-electron chi connectivity index (χ0n) is 12.8. The molecule has 2 aromatic carbocycles. The molecule has 0 N–H and O–H groups in total. The number of rotatable bonds is 5. The van der Waals surface area contributed by atoms with Gasteiger partial charge in [-0.05, 0) is 64.3 Å². The molecule has 0 saturated heterocycles. The predicted molar refractivity (Wildman–Crippen MR) is 95.9 cm³/mol. The Morgan fingerprint density at radius 2 is 1.75 bits per heavy atom. The summed E-state index contributed by atoms with van der Waals surface area (Å²) in [5, 5.41) is 0.516. The first kappa shape index (κ1) is 19.2. The summed E-state index contributed by atoms with van der Waals surface area (Å²) in [6.45, 7) is 1.88. The summed E-state index contributed by atoms with van der Waals surface area (Å²) >= 11 is 9.11. The molecule has 0 fully saturated rings. The minimum atomic E-state index is -4.22. The van der Waals surface area contributed by atoms with Crippen molar-refractivity contribution >= 4 is 47.5 Å². The molecule has 130 valence electrons. The highest BCUT2D eigenvalue weighted by Gasteiger charge is 2.23. The minimum Gasteiger partial charge on any atom is -0.379 e. The van der Waals surface area contributed by atoms with Crippen molar-refractivity contribution in [3.05, 3.63) is 51.5 Å². The fourth-order valence-corrected chi connectivity index (χ4v) is 4.79. The summed E-state index contributed by atoms with van der Waals surface area (Å²) in [7, 11) is -7.77. The number of hydrogen-bond donors (Lipinski definition) is 0. The van der Waals surface area contributed by atoms with Gasteiger partial charge in [-0.2, -0.15) is 8.42 Å². The van der Waals surface area contributed by atoms with Crippen LogP contribution in [-0.2, 0) is 26.4 Å². The molecule has 0 saturated carbocycles. The van der Waals surface area contributed by atoms with Crippen molar-refractivity contribution in [1.29, 1.82) is 0 Å². The normalized spacial score (nSPS) is 12.2. The Bertz CT molecular complexity index is 985. The molecule has 5 nitrogen and oxygen atoms in total. The molecule has 0 heterocycles. The highest BCUT2D eigenvalue weighted by atomic mass is 79.9. The van der Waals surface area contributed by atoms with Gasteiger partial charge in [-0.25, -0.2) is 8.42 Å². The van der Waals surface area contributed by atoms with Crippen molar-refractivity contribution in [2.24, 2.45) is 0 Å². The SMILES string of the molecule is CCc1cc(OS(=O)(=O)c2cc(S(C)(=O)=O)ccc2Br)ccc1Cl. The zero-order valence-corrected chi connectivity index (χ0v) is 16.8. The number of halogens is 2. The van der Waals surface area contributed by atoms with Crippen LogP contribution in [0.4, 0.5) is 0 Å². The van der Waals surface area contributed by atoms with Gasteiger partial charge in [-0.3, -0.25) is 0 Å². The van der Waals surface area contributed by atoms with Gasteiger partial charge >= 0.3 is 10.1 Å². The molecule has 9 heteroatoms. The Morgan fingerprint density at radius 3 is 2.33 bits per heavy atom. The molecule has 0 radical (unpaired) electrons. The Kier molecular flexibility index (Phi) is 5.64. The molecule has 0 amide bonds. The third-order valence-corrected chi connectivity index (χ3v) is 6.93. The van der Waals surface area contributed by atoms with Gasteiger partial charge in [0.2, 0.25) is 0 Å². The molecule has 0 aromatic heterocycles. The number of hydrogen-bond acceptors (Lipinski definition) is 5. The number of sulfone groups is 1. The third kappa shape index (κ3) is 4.30. The Hall–Kier alpha value is -1.09. The Labute approximate surface area is 154 Å². The molecule has 0 aliphatic heterocycles. The molecule has 0 bridgehead atoms. The molecule has 2 rings (SSSR count). The van der Waals surface area contributed by atoms with E-state index in [4.69, 9.17) is 15.8 Å². The monoisotopic (exact) mass is 452 g/mol. The number of benzene rings is 2. The lowest BCUT2D eigenvalue weighted by Crippen LogP contribution is -2.12. The largest absolute Gasteiger partial charge is 0.379 e. The first-order valence-corrected chi connectivity index (χ1v) is 11.2. The first-order valence-electron chi connectivity index (χ1n) is 6.77. The van der Waals surface area contributed by atoms with Crippen molar-refractivity contribution in [1.82, 2.24) is 0 Å². The van der Waals surface area contributed by atoms with E-state index in [1.165, 1.54) is 24.3 Å². The van der Waals surface area contributed by atoms with Crippen LogP contribution in [0.3, 0.4) is 0 Å². The van der Waals surface area contributed by atoms with Crippen LogP contribution in [0.5, 0.6) is 5.75 Å². The Balaban J connectivity index is 2.48. The van der Waals surface area contributed by atoms with Crippen LogP contribution in [0.2, 0.25) is 5.02 Å². The van der Waals surface area contributed by atoms with E-state index in [1.807, 2.05) is 6.92 Å². The molecule has 0 atom stereocenters. The van der Waals surface area contributed by atoms with Crippen molar-refractivity contribution in [2.45, 2.75) is 23.1 Å². The summed E-state index contributed by atoms with van der Waals surface area (Å²) in [5.41, 5.74) is 0.744. The zero-order chi connectivity index (χ0) is 18.1. The van der Waals surface area contributed by atoms with Crippen LogP contribution in [0, 0.1) is 0 Å². The summed E-state index contributed by atoms with van der Waals surface area (Å²) in [6.07, 6.45) is 1.61. The number of aryl methyl sites for hydroxylation is 1. The second kappa shape index (κ2) is 7.03. The van der Waals surface area contributed by atoms with Crippen molar-refractivity contribution in [2.75, 3.05) is 6.26 Å². The van der Waals surface area contributed by atoms with Crippen LogP contribution < -0.4 is 4.18 Å². The van der Waals surface area contributed by atoms with Crippen molar-refractivity contribution in [3.8, 4) is 5.75 Å². The van der Waals surface area contributed by atoms with Crippen molar-refractivity contribution < 1.29 is 21.0 Å². The van der Waals surface area contributed by atoms with Crippen LogP contribution in [-0.4, -0.2) is 23.1 Å². The first-order chi connectivity index (χ1) is 11.0. The van der Waals surface area contributed by atoms with E-state index in [1.54, 1.807) is 6.07 Å². The van der Waals surface area contributed by atoms with E-state index in [2.05, 4.69) is 15.9 Å². The molecule has 0 unspecified atom stereocenters. The second-order valence-electron chi connectivity index (χ2n) is 5.01. The maximum atomic E-state index is 12.5. The minimum absolute atomic E-state index is 0.105. The van der Waals surface area contributed by atoms with Crippen LogP contribution >= 0.6 is 27.5 Å². The molecular formula is C15H14BrClO5S2. The van der Waals surface area contributed by atoms with Gasteiger partial charge in [0.05, 0.1) is 4.90 Å². The van der Waals surface area contributed by atoms with Gasteiger partial charge in [-0.1, -0.05) is 18.5 Å². The van der Waals surface area contributed by atoms with Crippen LogP contribution in [0.15, 0.2) is 50.7 Å². The van der Waals surface area contributed by atoms with E-state index < -0.39 is 20.0 Å². The third-order valence-electron chi connectivity index (χ3n) is 3.20. The van der Waals surface area contributed by atoms with E-state index >= 15 is 0 Å². The predicted octanol–water partition coefficient (Wildman–Crippen LogP) is 3.84. The average molecular weight is 454 g/mol. The smallest absolute Gasteiger partial charge is 0.340 e. The highest BCUT2D eigenvalue weighted by Crippen LogP contribution is 2.29. The molecular weight excluding hydrogens is 440 g/mol. The fraction of sp³-hybridized carbons (Fsp3) is 0.200. The van der Waals surface area contributed by atoms with E-state index in [0.29, 0.717) is 11.4 Å². The summed E-state index contributed by atoms with van der Waals surface area (Å²) < 4.78 is 53.6. The molecule has 24 heavy (non-hydrogen) atoms. The molecule has 0 aliphatic rings. The summed E-state index contributed by atoms with van der Waals surface area (Å²) in [6, 6.07) is 8.25. The topological polar surface area (TPSA) is 77.5 Å². The summed E-state index contributed by atoms with van der Waals surface area (Å²) in [5.74, 6) is 0.105. The lowest BCUT2D eigenvalue weighted by molar-refractivity contribution is 0.485. The molecule has 0 spiro atoms. The average Bonchev–Trinajstić information content (AvgIpc) is 2.48. The second-order valence-corrected chi connectivity index (χ2v) is 9.80. The fourth-order valence-electron chi connectivity index (χ4n) is 1.95. The van der Waals surface area contributed by atoms with Gasteiger partial charge in [0.15, 0.2) is 9.84 Å². The van der Waals surface area contributed by atoms with E-state index in [9.17, 15) is 16.8 Å². The maximum Gasteiger partial charge on any atom is 0.340 e. The highest BCUT2D eigenvalue weighted by molar-refractivity contribution is 9.10. The van der Waals surface area contributed by atoms with Crippen molar-refractivity contribution in [3.63, 3.8) is 0 Å². The standard InChI is InChI=1S/C15H14BrClO5S2/c1-3-10-8-11(4-7-14(10)17)22-24(20,21)15-9-12(23(2,18)19)5-6-13(15)16/h4-9H,3H2,1-2H3. The molecule has 2 aromatic rings. The van der Waals surface area contributed by atoms with E-state index in [-0.39, 0.29) is 20.0 Å². The molecule has 0 aliphatic carbocycles. The lowest BCUT2D eigenvalue weighted by Gasteiger charge is -2.11. The van der Waals surface area contributed by atoms with E-state index in [0.717, 1.165) is 17.9 Å². The Morgan fingerprint density at radius 1 is 1.08 bits per heavy atom. The van der Waals surface area contributed by atoms with Gasteiger partial charge < -0.3 is 4.18 Å².